The molecule has 1 saturated carbocycles. The van der Waals surface area contributed by atoms with E-state index in [-0.39, 0.29) is 17.3 Å². The number of ether oxygens (including phenoxy) is 1. The Kier molecular flexibility index (Phi) is 5.23. The first-order valence-electron chi connectivity index (χ1n) is 6.84. The Balaban J connectivity index is 2.25. The van der Waals surface area contributed by atoms with Gasteiger partial charge in [0.1, 0.15) is 17.3 Å². The Morgan fingerprint density at radius 2 is 2.19 bits per heavy atom. The quantitative estimate of drug-likeness (QED) is 0.799. The minimum absolute atomic E-state index is 0.0778. The summed E-state index contributed by atoms with van der Waals surface area (Å²) in [7, 11) is -2.20. The van der Waals surface area contributed by atoms with Crippen molar-refractivity contribution in [3.8, 4) is 17.6 Å². The van der Waals surface area contributed by atoms with Crippen LogP contribution in [0.25, 0.3) is 0 Å². The zero-order chi connectivity index (χ0) is 15.3. The molecule has 1 aliphatic carbocycles. The summed E-state index contributed by atoms with van der Waals surface area (Å²) in [6.45, 7) is 0.187. The molecule has 0 amide bonds. The monoisotopic (exact) mass is 309 g/mol. The Morgan fingerprint density at radius 1 is 1.43 bits per heavy atom. The molecular formula is C15H19NO4S. The second kappa shape index (κ2) is 6.94. The number of sulfonamides is 1. The molecule has 5 nitrogen and oxygen atoms in total. The highest BCUT2D eigenvalue weighted by Gasteiger charge is 2.23. The summed E-state index contributed by atoms with van der Waals surface area (Å²) in [5, 5.41) is 8.71. The molecule has 1 aliphatic rings. The number of methoxy groups -OCH3 is 1. The molecule has 0 bridgehead atoms. The van der Waals surface area contributed by atoms with Crippen LogP contribution in [0, 0.1) is 17.8 Å². The van der Waals surface area contributed by atoms with E-state index in [1.807, 2.05) is 0 Å². The summed E-state index contributed by atoms with van der Waals surface area (Å²) in [6.07, 6.45) is 3.31. The van der Waals surface area contributed by atoms with Crippen LogP contribution < -0.4 is 9.46 Å². The second-order valence-corrected chi connectivity index (χ2v) is 6.71. The van der Waals surface area contributed by atoms with Gasteiger partial charge in [-0.2, -0.15) is 0 Å². The van der Waals surface area contributed by atoms with Gasteiger partial charge in [0, 0.05) is 12.1 Å². The zero-order valence-electron chi connectivity index (χ0n) is 11.9. The highest BCUT2D eigenvalue weighted by Crippen LogP contribution is 2.28. The molecule has 0 aliphatic heterocycles. The smallest absolute Gasteiger partial charge is 0.244 e. The first kappa shape index (κ1) is 15.8. The number of benzene rings is 1. The van der Waals surface area contributed by atoms with Gasteiger partial charge in [0.15, 0.2) is 0 Å². The van der Waals surface area contributed by atoms with Crippen LogP contribution in [0.5, 0.6) is 5.75 Å². The van der Waals surface area contributed by atoms with Gasteiger partial charge in [-0.1, -0.05) is 18.3 Å². The number of rotatable bonds is 5. The Hall–Kier alpha value is -1.55. The van der Waals surface area contributed by atoms with Gasteiger partial charge in [0.2, 0.25) is 10.0 Å². The van der Waals surface area contributed by atoms with Crippen molar-refractivity contribution in [2.24, 2.45) is 5.92 Å². The van der Waals surface area contributed by atoms with Crippen LogP contribution in [0.3, 0.4) is 0 Å². The third-order valence-corrected chi connectivity index (χ3v) is 5.00. The van der Waals surface area contributed by atoms with E-state index in [0.717, 1.165) is 12.8 Å². The lowest BCUT2D eigenvalue weighted by Gasteiger charge is -2.25. The molecule has 0 saturated heterocycles. The van der Waals surface area contributed by atoms with E-state index < -0.39 is 10.0 Å². The van der Waals surface area contributed by atoms with Crippen LogP contribution in [0.1, 0.15) is 24.8 Å². The van der Waals surface area contributed by atoms with Crippen molar-refractivity contribution in [3.05, 3.63) is 23.8 Å². The molecule has 1 aromatic rings. The Bertz CT molecular complexity index is 654. The second-order valence-electron chi connectivity index (χ2n) is 4.97. The molecule has 0 radical (unpaired) electrons. The zero-order valence-corrected chi connectivity index (χ0v) is 12.7. The fourth-order valence-corrected chi connectivity index (χ4v) is 3.42. The molecule has 0 heterocycles. The standard InChI is InChI=1S/C15H19NO4S/c1-20-14-8-7-12(6-3-9-17)10-15(14)21(18,19)16-11-13-4-2-5-13/h7-8,10,13,16-17H,2,4-5,9,11H2,1H3. The lowest BCUT2D eigenvalue weighted by atomic mass is 9.86. The maximum atomic E-state index is 12.4. The topological polar surface area (TPSA) is 75.6 Å². The van der Waals surface area contributed by atoms with Crippen molar-refractivity contribution in [1.82, 2.24) is 4.72 Å². The first-order chi connectivity index (χ1) is 10.1. The fraction of sp³-hybridized carbons (Fsp3) is 0.467. The fourth-order valence-electron chi connectivity index (χ4n) is 2.11. The van der Waals surface area contributed by atoms with Gasteiger partial charge in [-0.3, -0.25) is 0 Å². The van der Waals surface area contributed by atoms with Crippen molar-refractivity contribution >= 4 is 10.0 Å². The van der Waals surface area contributed by atoms with Crippen molar-refractivity contribution in [2.45, 2.75) is 24.2 Å². The van der Waals surface area contributed by atoms with Crippen molar-refractivity contribution in [3.63, 3.8) is 0 Å². The molecule has 2 rings (SSSR count). The van der Waals surface area contributed by atoms with Gasteiger partial charge < -0.3 is 9.84 Å². The third kappa shape index (κ3) is 3.97. The van der Waals surface area contributed by atoms with Crippen molar-refractivity contribution < 1.29 is 18.3 Å². The van der Waals surface area contributed by atoms with Crippen LogP contribution >= 0.6 is 0 Å². The summed E-state index contributed by atoms with van der Waals surface area (Å²) >= 11 is 0. The molecule has 6 heteroatoms. The van der Waals surface area contributed by atoms with E-state index in [0.29, 0.717) is 18.0 Å². The van der Waals surface area contributed by atoms with E-state index in [9.17, 15) is 8.42 Å². The molecule has 0 unspecified atom stereocenters. The van der Waals surface area contributed by atoms with Gasteiger partial charge >= 0.3 is 0 Å². The van der Waals surface area contributed by atoms with Gasteiger partial charge in [-0.15, -0.1) is 0 Å². The highest BCUT2D eigenvalue weighted by molar-refractivity contribution is 7.89. The van der Waals surface area contributed by atoms with Crippen LogP contribution in [-0.4, -0.2) is 33.8 Å². The van der Waals surface area contributed by atoms with E-state index in [2.05, 4.69) is 16.6 Å². The summed E-state index contributed by atoms with van der Waals surface area (Å²) in [6, 6.07) is 4.69. The van der Waals surface area contributed by atoms with Crippen molar-refractivity contribution in [1.29, 1.82) is 0 Å². The molecular weight excluding hydrogens is 290 g/mol. The van der Waals surface area contributed by atoms with Gasteiger partial charge in [0.25, 0.3) is 0 Å². The predicted octanol–water partition coefficient (Wildman–Crippen LogP) is 1.12. The Morgan fingerprint density at radius 3 is 2.76 bits per heavy atom. The number of aliphatic hydroxyl groups is 1. The summed E-state index contributed by atoms with van der Waals surface area (Å²) < 4.78 is 32.5. The Labute approximate surface area is 125 Å². The van der Waals surface area contributed by atoms with Gasteiger partial charge in [-0.05, 0) is 37.0 Å². The molecule has 0 atom stereocenters. The third-order valence-electron chi connectivity index (χ3n) is 3.55. The lowest BCUT2D eigenvalue weighted by molar-refractivity contribution is 0.316. The molecule has 0 spiro atoms. The van der Waals surface area contributed by atoms with E-state index in [1.165, 1.54) is 19.6 Å². The summed E-state index contributed by atoms with van der Waals surface area (Å²) in [5.41, 5.74) is 0.522. The number of hydrogen-bond donors (Lipinski definition) is 2. The average molecular weight is 309 g/mol. The largest absolute Gasteiger partial charge is 0.495 e. The van der Waals surface area contributed by atoms with E-state index in [4.69, 9.17) is 9.84 Å². The first-order valence-corrected chi connectivity index (χ1v) is 8.32. The van der Waals surface area contributed by atoms with Crippen LogP contribution in [0.15, 0.2) is 23.1 Å². The minimum Gasteiger partial charge on any atom is -0.495 e. The van der Waals surface area contributed by atoms with Crippen molar-refractivity contribution in [2.75, 3.05) is 20.3 Å². The molecule has 0 aromatic heterocycles. The predicted molar refractivity (Wildman–Crippen MR) is 79.5 cm³/mol. The molecule has 21 heavy (non-hydrogen) atoms. The van der Waals surface area contributed by atoms with E-state index in [1.54, 1.807) is 12.1 Å². The van der Waals surface area contributed by atoms with Crippen LogP contribution in [0.4, 0.5) is 0 Å². The maximum absolute atomic E-state index is 12.4. The van der Waals surface area contributed by atoms with Gasteiger partial charge in [-0.25, -0.2) is 13.1 Å². The normalized spacial score (nSPS) is 15.0. The average Bonchev–Trinajstić information content (AvgIpc) is 2.43. The molecule has 114 valence electrons. The van der Waals surface area contributed by atoms with Crippen LogP contribution in [-0.2, 0) is 10.0 Å². The van der Waals surface area contributed by atoms with Gasteiger partial charge in [0.05, 0.1) is 7.11 Å². The molecule has 1 fully saturated rings. The van der Waals surface area contributed by atoms with E-state index >= 15 is 0 Å². The summed E-state index contributed by atoms with van der Waals surface area (Å²) in [4.78, 5) is 0.0778. The number of hydrogen-bond acceptors (Lipinski definition) is 4. The lowest BCUT2D eigenvalue weighted by Crippen LogP contribution is -2.32. The maximum Gasteiger partial charge on any atom is 0.244 e. The summed E-state index contributed by atoms with van der Waals surface area (Å²) in [5.74, 6) is 5.91. The molecule has 2 N–H and O–H groups in total. The molecule has 1 aromatic carbocycles. The highest BCUT2D eigenvalue weighted by atomic mass is 32.2. The SMILES string of the molecule is COc1ccc(C#CCO)cc1S(=O)(=O)NCC1CCC1. The number of nitrogens with one attached hydrogen (secondary N) is 1. The minimum atomic E-state index is -3.63. The van der Waals surface area contributed by atoms with Crippen LogP contribution in [0.2, 0.25) is 0 Å². The number of aliphatic hydroxyl groups excluding tert-OH is 1.